The van der Waals surface area contributed by atoms with Crippen molar-refractivity contribution in [1.29, 1.82) is 0 Å². The van der Waals surface area contributed by atoms with E-state index >= 15 is 0 Å². The number of hydrogen-bond acceptors (Lipinski definition) is 4. The van der Waals surface area contributed by atoms with Crippen LogP contribution in [0.5, 0.6) is 0 Å². The SMILES string of the molecule is CC(C)CN(CC(C)C)C(=O)COC(=O)c1ccc(-n2cccn2)cc1. The van der Waals surface area contributed by atoms with E-state index in [-0.39, 0.29) is 12.5 Å². The molecule has 140 valence electrons. The molecule has 1 heterocycles. The average molecular weight is 357 g/mol. The summed E-state index contributed by atoms with van der Waals surface area (Å²) in [5.74, 6) is 0.0693. The molecule has 0 N–H and O–H groups in total. The first-order valence-electron chi connectivity index (χ1n) is 8.91. The van der Waals surface area contributed by atoms with Crippen LogP contribution in [0.3, 0.4) is 0 Å². The number of amides is 1. The summed E-state index contributed by atoms with van der Waals surface area (Å²) in [4.78, 5) is 26.4. The summed E-state index contributed by atoms with van der Waals surface area (Å²) < 4.78 is 6.91. The third kappa shape index (κ3) is 5.72. The van der Waals surface area contributed by atoms with Crippen LogP contribution in [0.1, 0.15) is 38.1 Å². The second-order valence-electron chi connectivity index (χ2n) is 7.16. The van der Waals surface area contributed by atoms with Gasteiger partial charge in [-0.05, 0) is 42.2 Å². The minimum Gasteiger partial charge on any atom is -0.452 e. The van der Waals surface area contributed by atoms with Gasteiger partial charge in [0.15, 0.2) is 6.61 Å². The van der Waals surface area contributed by atoms with Crippen molar-refractivity contribution < 1.29 is 14.3 Å². The van der Waals surface area contributed by atoms with Crippen molar-refractivity contribution in [3.05, 3.63) is 48.3 Å². The molecule has 2 rings (SSSR count). The maximum Gasteiger partial charge on any atom is 0.338 e. The lowest BCUT2D eigenvalue weighted by atomic mass is 10.1. The van der Waals surface area contributed by atoms with Crippen molar-refractivity contribution in [2.24, 2.45) is 11.8 Å². The Morgan fingerprint density at radius 1 is 1.08 bits per heavy atom. The standard InChI is InChI=1S/C20H27N3O3/c1-15(2)12-22(13-16(3)4)19(24)14-26-20(25)17-6-8-18(9-7-17)23-11-5-10-21-23/h5-11,15-16H,12-14H2,1-4H3. The molecule has 0 spiro atoms. The highest BCUT2D eigenvalue weighted by atomic mass is 16.5. The van der Waals surface area contributed by atoms with Gasteiger partial charge >= 0.3 is 5.97 Å². The van der Waals surface area contributed by atoms with Crippen LogP contribution in [0.4, 0.5) is 0 Å². The highest BCUT2D eigenvalue weighted by molar-refractivity contribution is 5.91. The molecule has 0 radical (unpaired) electrons. The number of hydrogen-bond donors (Lipinski definition) is 0. The summed E-state index contributed by atoms with van der Waals surface area (Å²) in [6.07, 6.45) is 3.51. The number of ether oxygens (including phenoxy) is 1. The Balaban J connectivity index is 1.93. The van der Waals surface area contributed by atoms with Crippen LogP contribution in [0.2, 0.25) is 0 Å². The molecule has 6 heteroatoms. The molecule has 0 bridgehead atoms. The monoisotopic (exact) mass is 357 g/mol. The van der Waals surface area contributed by atoms with Gasteiger partial charge in [-0.3, -0.25) is 4.79 Å². The lowest BCUT2D eigenvalue weighted by molar-refractivity contribution is -0.135. The van der Waals surface area contributed by atoms with E-state index in [1.54, 1.807) is 40.0 Å². The lowest BCUT2D eigenvalue weighted by Crippen LogP contribution is -2.39. The van der Waals surface area contributed by atoms with Crippen molar-refractivity contribution in [2.45, 2.75) is 27.7 Å². The first kappa shape index (κ1) is 19.7. The molecule has 0 fully saturated rings. The molecule has 0 saturated carbocycles. The lowest BCUT2D eigenvalue weighted by Gasteiger charge is -2.26. The zero-order valence-electron chi connectivity index (χ0n) is 15.9. The number of nitrogens with zero attached hydrogens (tertiary/aromatic N) is 3. The molecule has 0 aliphatic carbocycles. The van der Waals surface area contributed by atoms with Crippen LogP contribution < -0.4 is 0 Å². The molecule has 1 amide bonds. The van der Waals surface area contributed by atoms with Gasteiger partial charge in [-0.15, -0.1) is 0 Å². The molecular weight excluding hydrogens is 330 g/mol. The van der Waals surface area contributed by atoms with Crippen molar-refractivity contribution in [3.8, 4) is 5.69 Å². The van der Waals surface area contributed by atoms with E-state index in [9.17, 15) is 9.59 Å². The summed E-state index contributed by atoms with van der Waals surface area (Å²) in [5, 5.41) is 4.14. The van der Waals surface area contributed by atoms with Crippen molar-refractivity contribution in [3.63, 3.8) is 0 Å². The first-order chi connectivity index (χ1) is 12.4. The molecule has 0 saturated heterocycles. The van der Waals surface area contributed by atoms with Crippen LogP contribution >= 0.6 is 0 Å². The zero-order valence-corrected chi connectivity index (χ0v) is 15.9. The zero-order chi connectivity index (χ0) is 19.1. The Labute approximate surface area is 154 Å². The Hall–Kier alpha value is -2.63. The number of carbonyl (C=O) groups is 2. The van der Waals surface area contributed by atoms with E-state index in [0.29, 0.717) is 30.5 Å². The van der Waals surface area contributed by atoms with Crippen molar-refractivity contribution in [2.75, 3.05) is 19.7 Å². The second kappa shape index (κ2) is 9.17. The first-order valence-corrected chi connectivity index (χ1v) is 8.91. The third-order valence-corrected chi connectivity index (χ3v) is 3.72. The number of esters is 1. The van der Waals surface area contributed by atoms with Gasteiger partial charge in [-0.1, -0.05) is 27.7 Å². The summed E-state index contributed by atoms with van der Waals surface area (Å²) in [5.41, 5.74) is 1.26. The molecule has 0 aliphatic heterocycles. The number of carbonyl (C=O) groups excluding carboxylic acids is 2. The molecular formula is C20H27N3O3. The fraction of sp³-hybridized carbons (Fsp3) is 0.450. The Kier molecular flexibility index (Phi) is 6.95. The van der Waals surface area contributed by atoms with Crippen LogP contribution in [0, 0.1) is 11.8 Å². The summed E-state index contributed by atoms with van der Waals surface area (Å²) in [6.45, 7) is 9.34. The maximum atomic E-state index is 12.4. The van der Waals surface area contributed by atoms with Gasteiger partial charge in [0.25, 0.3) is 5.91 Å². The quantitative estimate of drug-likeness (QED) is 0.681. The molecule has 26 heavy (non-hydrogen) atoms. The van der Waals surface area contributed by atoms with E-state index in [4.69, 9.17) is 4.74 Å². The van der Waals surface area contributed by atoms with Gasteiger partial charge in [0.2, 0.25) is 0 Å². The van der Waals surface area contributed by atoms with E-state index in [2.05, 4.69) is 32.8 Å². The normalized spacial score (nSPS) is 11.0. The van der Waals surface area contributed by atoms with Crippen LogP contribution in [0.15, 0.2) is 42.7 Å². The molecule has 0 aliphatic rings. The van der Waals surface area contributed by atoms with Gasteiger partial charge in [-0.2, -0.15) is 5.10 Å². The fourth-order valence-electron chi connectivity index (χ4n) is 2.63. The highest BCUT2D eigenvalue weighted by Gasteiger charge is 2.18. The fourth-order valence-corrected chi connectivity index (χ4v) is 2.63. The molecule has 1 aromatic heterocycles. The van der Waals surface area contributed by atoms with Gasteiger partial charge in [0.05, 0.1) is 11.3 Å². The number of aromatic nitrogens is 2. The van der Waals surface area contributed by atoms with Gasteiger partial charge in [0, 0.05) is 25.5 Å². The summed E-state index contributed by atoms with van der Waals surface area (Å²) in [7, 11) is 0. The van der Waals surface area contributed by atoms with Crippen LogP contribution in [-0.2, 0) is 9.53 Å². The van der Waals surface area contributed by atoms with E-state index in [1.165, 1.54) is 0 Å². The second-order valence-corrected chi connectivity index (χ2v) is 7.16. The Bertz CT molecular complexity index is 696. The topological polar surface area (TPSA) is 64.4 Å². The third-order valence-electron chi connectivity index (χ3n) is 3.72. The molecule has 0 unspecified atom stereocenters. The van der Waals surface area contributed by atoms with Gasteiger partial charge in [0.1, 0.15) is 0 Å². The maximum absolute atomic E-state index is 12.4. The molecule has 0 atom stereocenters. The number of rotatable bonds is 8. The predicted octanol–water partition coefficient (Wildman–Crippen LogP) is 3.17. The smallest absolute Gasteiger partial charge is 0.338 e. The minimum atomic E-state index is -0.501. The summed E-state index contributed by atoms with van der Waals surface area (Å²) in [6, 6.07) is 8.74. The number of benzene rings is 1. The van der Waals surface area contributed by atoms with E-state index < -0.39 is 5.97 Å². The molecule has 2 aromatic rings. The van der Waals surface area contributed by atoms with Crippen molar-refractivity contribution in [1.82, 2.24) is 14.7 Å². The van der Waals surface area contributed by atoms with Gasteiger partial charge < -0.3 is 9.64 Å². The van der Waals surface area contributed by atoms with Crippen LogP contribution in [0.25, 0.3) is 5.69 Å². The minimum absolute atomic E-state index is 0.158. The Morgan fingerprint density at radius 2 is 1.69 bits per heavy atom. The van der Waals surface area contributed by atoms with Gasteiger partial charge in [-0.25, -0.2) is 9.48 Å². The van der Waals surface area contributed by atoms with E-state index in [1.807, 2.05) is 12.3 Å². The molecule has 6 nitrogen and oxygen atoms in total. The Morgan fingerprint density at radius 3 is 2.19 bits per heavy atom. The van der Waals surface area contributed by atoms with Crippen molar-refractivity contribution >= 4 is 11.9 Å². The molecule has 1 aromatic carbocycles. The predicted molar refractivity (Wildman–Crippen MR) is 100 cm³/mol. The van der Waals surface area contributed by atoms with Crippen LogP contribution in [-0.4, -0.2) is 46.3 Å². The largest absolute Gasteiger partial charge is 0.452 e. The van der Waals surface area contributed by atoms with E-state index in [0.717, 1.165) is 5.69 Å². The average Bonchev–Trinajstić information content (AvgIpc) is 3.12. The highest BCUT2D eigenvalue weighted by Crippen LogP contribution is 2.10. The summed E-state index contributed by atoms with van der Waals surface area (Å²) >= 11 is 0.